The Bertz CT molecular complexity index is 715. The van der Waals surface area contributed by atoms with Gasteiger partial charge in [0, 0.05) is 11.5 Å². The molecule has 0 radical (unpaired) electrons. The zero-order valence-electron chi connectivity index (χ0n) is 10.0. The maximum absolute atomic E-state index is 9.41. The number of hydrogen-bond donors (Lipinski definition) is 2. The van der Waals surface area contributed by atoms with E-state index in [0.29, 0.717) is 22.8 Å². The summed E-state index contributed by atoms with van der Waals surface area (Å²) in [6.07, 6.45) is 0. The van der Waals surface area contributed by atoms with E-state index < -0.39 is 0 Å². The van der Waals surface area contributed by atoms with Crippen molar-refractivity contribution in [1.29, 1.82) is 0 Å². The van der Waals surface area contributed by atoms with E-state index in [4.69, 9.17) is 14.3 Å². The number of phenolic OH excluding ortho intramolecular Hbond substituents is 1. The van der Waals surface area contributed by atoms with Crippen molar-refractivity contribution in [2.45, 2.75) is 6.61 Å². The Labute approximate surface area is 109 Å². The van der Waals surface area contributed by atoms with E-state index >= 15 is 0 Å². The minimum Gasteiger partial charge on any atom is -0.508 e. The second-order valence-corrected chi connectivity index (χ2v) is 4.14. The molecule has 0 bridgehead atoms. The van der Waals surface area contributed by atoms with E-state index in [1.54, 1.807) is 30.3 Å². The van der Waals surface area contributed by atoms with Crippen LogP contribution in [0.5, 0.6) is 17.2 Å². The van der Waals surface area contributed by atoms with E-state index in [2.05, 4.69) is 0 Å². The Balaban J connectivity index is 2.02. The number of aromatic hydroxyl groups is 1. The van der Waals surface area contributed by atoms with Crippen LogP contribution in [0, 0.1) is 0 Å². The van der Waals surface area contributed by atoms with Gasteiger partial charge < -0.3 is 19.4 Å². The normalized spacial score (nSPS) is 10.8. The number of hydrogen-bond acceptors (Lipinski definition) is 4. The minimum atomic E-state index is -0.153. The lowest BCUT2D eigenvalue weighted by molar-refractivity contribution is 0.250. The molecule has 4 heteroatoms. The Kier molecular flexibility index (Phi) is 2.85. The van der Waals surface area contributed by atoms with E-state index in [0.717, 1.165) is 5.39 Å². The molecule has 0 spiro atoms. The number of aliphatic hydroxyl groups excluding tert-OH is 1. The van der Waals surface area contributed by atoms with Gasteiger partial charge in [-0.2, -0.15) is 0 Å². The van der Waals surface area contributed by atoms with Gasteiger partial charge in [-0.3, -0.25) is 0 Å². The molecule has 0 fully saturated rings. The highest BCUT2D eigenvalue weighted by atomic mass is 16.5. The Morgan fingerprint density at radius 2 is 1.89 bits per heavy atom. The van der Waals surface area contributed by atoms with Crippen molar-refractivity contribution in [1.82, 2.24) is 0 Å². The largest absolute Gasteiger partial charge is 0.508 e. The fourth-order valence-electron chi connectivity index (χ4n) is 1.92. The molecular weight excluding hydrogens is 244 g/mol. The second kappa shape index (κ2) is 4.66. The van der Waals surface area contributed by atoms with Crippen LogP contribution < -0.4 is 4.74 Å². The smallest absolute Gasteiger partial charge is 0.176 e. The monoisotopic (exact) mass is 256 g/mol. The first-order valence-electron chi connectivity index (χ1n) is 5.85. The zero-order chi connectivity index (χ0) is 13.2. The maximum atomic E-state index is 9.41. The van der Waals surface area contributed by atoms with Crippen LogP contribution in [0.1, 0.15) is 5.76 Å². The summed E-state index contributed by atoms with van der Waals surface area (Å²) in [5, 5.41) is 19.4. The zero-order valence-corrected chi connectivity index (χ0v) is 10.0. The molecule has 3 aromatic rings. The standard InChI is InChI=1S/C15H12O4/c16-9-13-7-10-3-1-6-14(15(10)19-13)18-12-5-2-4-11(17)8-12/h1-8,16-17H,9H2. The fraction of sp³-hybridized carbons (Fsp3) is 0.0667. The van der Waals surface area contributed by atoms with Crippen molar-refractivity contribution in [3.8, 4) is 17.2 Å². The molecule has 1 heterocycles. The molecule has 96 valence electrons. The summed E-state index contributed by atoms with van der Waals surface area (Å²) in [6, 6.07) is 13.8. The van der Waals surface area contributed by atoms with Crippen LogP contribution in [0.4, 0.5) is 0 Å². The van der Waals surface area contributed by atoms with Crippen molar-refractivity contribution < 1.29 is 19.4 Å². The number of ether oxygens (including phenoxy) is 1. The number of fused-ring (bicyclic) bond motifs is 1. The van der Waals surface area contributed by atoms with E-state index in [9.17, 15) is 5.11 Å². The molecule has 0 saturated heterocycles. The van der Waals surface area contributed by atoms with Crippen LogP contribution in [-0.2, 0) is 6.61 Å². The molecule has 19 heavy (non-hydrogen) atoms. The number of para-hydroxylation sites is 1. The first kappa shape index (κ1) is 11.6. The molecule has 0 aliphatic rings. The summed E-state index contributed by atoms with van der Waals surface area (Å²) in [7, 11) is 0. The average Bonchev–Trinajstić information content (AvgIpc) is 2.83. The number of rotatable bonds is 3. The molecule has 1 aromatic heterocycles. The maximum Gasteiger partial charge on any atom is 0.176 e. The summed E-state index contributed by atoms with van der Waals surface area (Å²) in [5.41, 5.74) is 0.579. The predicted octanol–water partition coefficient (Wildman–Crippen LogP) is 3.42. The summed E-state index contributed by atoms with van der Waals surface area (Å²) in [5.74, 6) is 1.69. The third-order valence-corrected chi connectivity index (χ3v) is 2.76. The Hall–Kier alpha value is -2.46. The lowest BCUT2D eigenvalue weighted by Crippen LogP contribution is -1.84. The Morgan fingerprint density at radius 3 is 2.68 bits per heavy atom. The third-order valence-electron chi connectivity index (χ3n) is 2.76. The number of aliphatic hydroxyl groups is 1. The van der Waals surface area contributed by atoms with Gasteiger partial charge in [-0.05, 0) is 24.3 Å². The van der Waals surface area contributed by atoms with E-state index in [1.165, 1.54) is 6.07 Å². The third kappa shape index (κ3) is 2.26. The van der Waals surface area contributed by atoms with Crippen LogP contribution in [0.25, 0.3) is 11.0 Å². The summed E-state index contributed by atoms with van der Waals surface area (Å²) < 4.78 is 11.2. The molecule has 2 aromatic carbocycles. The first-order chi connectivity index (χ1) is 9.26. The van der Waals surface area contributed by atoms with Crippen molar-refractivity contribution in [2.24, 2.45) is 0 Å². The van der Waals surface area contributed by atoms with Gasteiger partial charge in [0.25, 0.3) is 0 Å². The van der Waals surface area contributed by atoms with Gasteiger partial charge in [0.1, 0.15) is 23.9 Å². The van der Waals surface area contributed by atoms with Gasteiger partial charge in [-0.15, -0.1) is 0 Å². The highest BCUT2D eigenvalue weighted by molar-refractivity contribution is 5.84. The van der Waals surface area contributed by atoms with Crippen LogP contribution in [0.3, 0.4) is 0 Å². The fourth-order valence-corrected chi connectivity index (χ4v) is 1.92. The van der Waals surface area contributed by atoms with E-state index in [-0.39, 0.29) is 12.4 Å². The lowest BCUT2D eigenvalue weighted by atomic mass is 10.2. The highest BCUT2D eigenvalue weighted by Crippen LogP contribution is 2.33. The minimum absolute atomic E-state index is 0.139. The van der Waals surface area contributed by atoms with Crippen LogP contribution in [-0.4, -0.2) is 10.2 Å². The molecule has 0 unspecified atom stereocenters. The lowest BCUT2D eigenvalue weighted by Gasteiger charge is -2.06. The summed E-state index contributed by atoms with van der Waals surface area (Å²) in [6.45, 7) is -0.153. The SMILES string of the molecule is OCc1cc2cccc(Oc3cccc(O)c3)c2o1. The molecule has 0 aliphatic carbocycles. The van der Waals surface area contributed by atoms with Gasteiger partial charge in [-0.1, -0.05) is 18.2 Å². The van der Waals surface area contributed by atoms with Crippen molar-refractivity contribution in [2.75, 3.05) is 0 Å². The molecule has 4 nitrogen and oxygen atoms in total. The first-order valence-corrected chi connectivity index (χ1v) is 5.85. The van der Waals surface area contributed by atoms with Crippen LogP contribution in [0.2, 0.25) is 0 Å². The van der Waals surface area contributed by atoms with E-state index in [1.807, 2.05) is 12.1 Å². The van der Waals surface area contributed by atoms with Gasteiger partial charge in [0.2, 0.25) is 0 Å². The summed E-state index contributed by atoms with van der Waals surface area (Å²) >= 11 is 0. The van der Waals surface area contributed by atoms with Crippen LogP contribution >= 0.6 is 0 Å². The Morgan fingerprint density at radius 1 is 1.05 bits per heavy atom. The second-order valence-electron chi connectivity index (χ2n) is 4.14. The van der Waals surface area contributed by atoms with Crippen molar-refractivity contribution in [3.63, 3.8) is 0 Å². The quantitative estimate of drug-likeness (QED) is 0.753. The highest BCUT2D eigenvalue weighted by Gasteiger charge is 2.09. The molecule has 0 saturated carbocycles. The molecule has 0 aliphatic heterocycles. The average molecular weight is 256 g/mol. The van der Waals surface area contributed by atoms with Crippen molar-refractivity contribution >= 4 is 11.0 Å². The number of furan rings is 1. The van der Waals surface area contributed by atoms with Gasteiger partial charge in [-0.25, -0.2) is 0 Å². The summed E-state index contributed by atoms with van der Waals surface area (Å²) in [4.78, 5) is 0. The topological polar surface area (TPSA) is 62.8 Å². The molecule has 0 amide bonds. The van der Waals surface area contributed by atoms with Gasteiger partial charge in [0.15, 0.2) is 11.3 Å². The van der Waals surface area contributed by atoms with Crippen LogP contribution in [0.15, 0.2) is 52.9 Å². The van der Waals surface area contributed by atoms with Crippen molar-refractivity contribution in [3.05, 3.63) is 54.3 Å². The van der Waals surface area contributed by atoms with Gasteiger partial charge >= 0.3 is 0 Å². The number of benzene rings is 2. The molecule has 3 rings (SSSR count). The molecular formula is C15H12O4. The van der Waals surface area contributed by atoms with Gasteiger partial charge in [0.05, 0.1) is 0 Å². The predicted molar refractivity (Wildman–Crippen MR) is 70.3 cm³/mol. The molecule has 0 atom stereocenters. The molecule has 2 N–H and O–H groups in total. The number of phenols is 1.